The molecule has 1 aromatic carbocycles. The third kappa shape index (κ3) is 6.97. The van der Waals surface area contributed by atoms with Gasteiger partial charge in [-0.05, 0) is 57.0 Å². The van der Waals surface area contributed by atoms with Crippen LogP contribution in [0.4, 0.5) is 4.39 Å². The number of nitrogens with zero attached hydrogens (tertiary/aromatic N) is 4. The highest BCUT2D eigenvalue weighted by molar-refractivity contribution is 5.97. The maximum atomic E-state index is 15.0. The lowest BCUT2D eigenvalue weighted by Gasteiger charge is -2.26. The SMILES string of the molecule is CCC(Oc1ccc(-c2noc(C)n2)cc1)c1nc(C2C=C(F)C(C(=O)NC(C)(C)COC(=O)CN)=CC2)no1. The molecule has 0 bridgehead atoms. The zero-order valence-corrected chi connectivity index (χ0v) is 22.6. The molecule has 1 aliphatic rings. The van der Waals surface area contributed by atoms with Crippen molar-refractivity contribution in [2.24, 2.45) is 5.73 Å². The molecule has 2 unspecified atom stereocenters. The van der Waals surface area contributed by atoms with Crippen molar-refractivity contribution in [3.63, 3.8) is 0 Å². The smallest absolute Gasteiger partial charge is 0.319 e. The number of hydrogen-bond acceptors (Lipinski definition) is 11. The van der Waals surface area contributed by atoms with Crippen LogP contribution < -0.4 is 15.8 Å². The molecule has 0 spiro atoms. The highest BCUT2D eigenvalue weighted by Crippen LogP contribution is 2.32. The van der Waals surface area contributed by atoms with Crippen LogP contribution in [-0.2, 0) is 14.3 Å². The summed E-state index contributed by atoms with van der Waals surface area (Å²) in [4.78, 5) is 32.6. The Kier molecular flexibility index (Phi) is 8.73. The molecule has 2 heterocycles. The number of allylic oxidation sites excluding steroid dienone is 2. The maximum Gasteiger partial charge on any atom is 0.319 e. The topological polar surface area (TPSA) is 168 Å². The molecule has 13 heteroatoms. The van der Waals surface area contributed by atoms with Crippen molar-refractivity contribution in [3.05, 3.63) is 65.4 Å². The second-order valence-corrected chi connectivity index (χ2v) is 9.84. The first kappa shape index (κ1) is 28.6. The molecule has 3 N–H and O–H groups in total. The largest absolute Gasteiger partial charge is 0.481 e. The molecule has 40 heavy (non-hydrogen) atoms. The normalized spacial score (nSPS) is 16.1. The van der Waals surface area contributed by atoms with E-state index in [0.717, 1.165) is 5.56 Å². The number of carbonyl (C=O) groups excluding carboxylic acids is 2. The minimum absolute atomic E-state index is 0.106. The second-order valence-electron chi connectivity index (χ2n) is 9.84. The molecule has 212 valence electrons. The summed E-state index contributed by atoms with van der Waals surface area (Å²) in [5, 5.41) is 10.6. The minimum Gasteiger partial charge on any atom is -0.481 e. The monoisotopic (exact) mass is 554 g/mol. The van der Waals surface area contributed by atoms with Gasteiger partial charge in [-0.25, -0.2) is 4.39 Å². The van der Waals surface area contributed by atoms with E-state index < -0.39 is 35.3 Å². The van der Waals surface area contributed by atoms with Gasteiger partial charge in [0.15, 0.2) is 11.9 Å². The Morgan fingerprint density at radius 1 is 1.20 bits per heavy atom. The summed E-state index contributed by atoms with van der Waals surface area (Å²) in [7, 11) is 0. The number of nitrogens with one attached hydrogen (secondary N) is 1. The van der Waals surface area contributed by atoms with Gasteiger partial charge in [-0.15, -0.1) is 0 Å². The fraction of sp³-hybridized carbons (Fsp3) is 0.407. The molecule has 0 saturated heterocycles. The molecule has 0 radical (unpaired) electrons. The quantitative estimate of drug-likeness (QED) is 0.332. The van der Waals surface area contributed by atoms with Gasteiger partial charge in [0.25, 0.3) is 11.8 Å². The Labute approximate surface area is 229 Å². The van der Waals surface area contributed by atoms with E-state index in [4.69, 9.17) is 24.3 Å². The van der Waals surface area contributed by atoms with E-state index >= 15 is 0 Å². The third-order valence-electron chi connectivity index (χ3n) is 5.99. The predicted molar refractivity (Wildman–Crippen MR) is 139 cm³/mol. The van der Waals surface area contributed by atoms with E-state index in [1.807, 2.05) is 19.1 Å². The van der Waals surface area contributed by atoms with Gasteiger partial charge in [0.05, 0.1) is 17.7 Å². The summed E-state index contributed by atoms with van der Waals surface area (Å²) in [5.74, 6) is -0.395. The third-order valence-corrected chi connectivity index (χ3v) is 5.99. The number of rotatable bonds is 11. The average molecular weight is 555 g/mol. The van der Waals surface area contributed by atoms with Gasteiger partial charge < -0.3 is 29.6 Å². The van der Waals surface area contributed by atoms with Crippen molar-refractivity contribution in [2.75, 3.05) is 13.2 Å². The molecule has 2 aromatic heterocycles. The molecule has 12 nitrogen and oxygen atoms in total. The lowest BCUT2D eigenvalue weighted by atomic mass is 9.94. The summed E-state index contributed by atoms with van der Waals surface area (Å²) in [5.41, 5.74) is 4.96. The standard InChI is InChI=1S/C27H31FN6O6/c1-5-21(38-18-9-6-16(7-10-18)23-30-15(2)39-33-23)26-31-24(34-40-26)17-8-11-19(20(28)12-17)25(36)32-27(3,4)14-37-22(35)13-29/h6-7,9-12,17,21H,5,8,13-14,29H2,1-4H3,(H,32,36). The van der Waals surface area contributed by atoms with Gasteiger partial charge in [-0.1, -0.05) is 23.3 Å². The number of halogens is 1. The van der Waals surface area contributed by atoms with E-state index in [2.05, 4.69) is 25.6 Å². The summed E-state index contributed by atoms with van der Waals surface area (Å²) < 4.78 is 36.5. The molecule has 0 saturated carbocycles. The number of ether oxygens (including phenoxy) is 2. The van der Waals surface area contributed by atoms with Crippen LogP contribution in [0.2, 0.25) is 0 Å². The summed E-state index contributed by atoms with van der Waals surface area (Å²) in [6.45, 7) is 6.56. The lowest BCUT2D eigenvalue weighted by Crippen LogP contribution is -2.48. The van der Waals surface area contributed by atoms with Crippen LogP contribution in [0.1, 0.15) is 63.2 Å². The molecule has 1 amide bonds. The van der Waals surface area contributed by atoms with E-state index in [1.165, 1.54) is 12.2 Å². The molecule has 0 aliphatic heterocycles. The lowest BCUT2D eigenvalue weighted by molar-refractivity contribution is -0.144. The summed E-state index contributed by atoms with van der Waals surface area (Å²) >= 11 is 0. The Hall–Kier alpha value is -4.39. The van der Waals surface area contributed by atoms with Crippen LogP contribution in [0.15, 0.2) is 56.9 Å². The Bertz CT molecular complexity index is 1410. The predicted octanol–water partition coefficient (Wildman–Crippen LogP) is 3.62. The second kappa shape index (κ2) is 12.2. The van der Waals surface area contributed by atoms with Gasteiger partial charge in [0.1, 0.15) is 18.2 Å². The zero-order valence-electron chi connectivity index (χ0n) is 22.6. The van der Waals surface area contributed by atoms with Gasteiger partial charge in [0, 0.05) is 18.4 Å². The van der Waals surface area contributed by atoms with Crippen LogP contribution in [-0.4, -0.2) is 50.8 Å². The van der Waals surface area contributed by atoms with Crippen LogP contribution in [0, 0.1) is 6.92 Å². The Morgan fingerprint density at radius 3 is 2.58 bits per heavy atom. The summed E-state index contributed by atoms with van der Waals surface area (Å²) in [6, 6.07) is 7.19. The van der Waals surface area contributed by atoms with Gasteiger partial charge >= 0.3 is 5.97 Å². The number of esters is 1. The number of aromatic nitrogens is 4. The average Bonchev–Trinajstić information content (AvgIpc) is 3.60. The Balaban J connectivity index is 1.37. The highest BCUT2D eigenvalue weighted by Gasteiger charge is 2.30. The number of benzene rings is 1. The highest BCUT2D eigenvalue weighted by atomic mass is 19.1. The van der Waals surface area contributed by atoms with Crippen molar-refractivity contribution < 1.29 is 32.5 Å². The molecule has 1 aliphatic carbocycles. The molecule has 4 rings (SSSR count). The van der Waals surface area contributed by atoms with Crippen LogP contribution >= 0.6 is 0 Å². The fourth-order valence-electron chi connectivity index (χ4n) is 3.89. The Morgan fingerprint density at radius 2 is 1.95 bits per heavy atom. The van der Waals surface area contributed by atoms with Crippen LogP contribution in [0.5, 0.6) is 5.75 Å². The summed E-state index contributed by atoms with van der Waals surface area (Å²) in [6.07, 6.45) is 3.07. The fourth-order valence-corrected chi connectivity index (χ4v) is 3.89. The number of hydrogen-bond donors (Lipinski definition) is 2. The zero-order chi connectivity index (χ0) is 28.9. The van der Waals surface area contributed by atoms with Gasteiger partial charge in [-0.3, -0.25) is 9.59 Å². The van der Waals surface area contributed by atoms with E-state index in [9.17, 15) is 14.0 Å². The molecule has 0 fully saturated rings. The van der Waals surface area contributed by atoms with Gasteiger partial charge in [-0.2, -0.15) is 9.97 Å². The molecular weight excluding hydrogens is 523 g/mol. The first-order chi connectivity index (χ1) is 19.1. The number of amides is 1. The maximum absolute atomic E-state index is 15.0. The van der Waals surface area contributed by atoms with Crippen LogP contribution in [0.3, 0.4) is 0 Å². The van der Waals surface area contributed by atoms with Crippen molar-refractivity contribution in [1.82, 2.24) is 25.6 Å². The number of aryl methyl sites for hydroxylation is 1. The van der Waals surface area contributed by atoms with E-state index in [1.54, 1.807) is 32.9 Å². The first-order valence-corrected chi connectivity index (χ1v) is 12.8. The number of carbonyl (C=O) groups is 2. The van der Waals surface area contributed by atoms with Crippen molar-refractivity contribution in [1.29, 1.82) is 0 Å². The van der Waals surface area contributed by atoms with Crippen molar-refractivity contribution >= 4 is 11.9 Å². The van der Waals surface area contributed by atoms with E-state index in [-0.39, 0.29) is 36.9 Å². The van der Waals surface area contributed by atoms with Crippen molar-refractivity contribution in [2.45, 2.75) is 58.1 Å². The molecule has 2 atom stereocenters. The van der Waals surface area contributed by atoms with Gasteiger partial charge in [0.2, 0.25) is 11.7 Å². The van der Waals surface area contributed by atoms with E-state index in [0.29, 0.717) is 23.9 Å². The number of nitrogens with two attached hydrogens (primary N) is 1. The van der Waals surface area contributed by atoms with Crippen molar-refractivity contribution in [3.8, 4) is 17.1 Å². The minimum atomic E-state index is -0.927. The first-order valence-electron chi connectivity index (χ1n) is 12.8. The molecular formula is C27H31FN6O6. The molecule has 3 aromatic rings. The van der Waals surface area contributed by atoms with Crippen LogP contribution in [0.25, 0.3) is 11.4 Å².